The predicted molar refractivity (Wildman–Crippen MR) is 123 cm³/mol. The fourth-order valence-electron chi connectivity index (χ4n) is 3.61. The Kier molecular flexibility index (Phi) is 8.04. The maximum Gasteiger partial charge on any atom is 0.338 e. The second-order valence-corrected chi connectivity index (χ2v) is 7.57. The number of rotatable bonds is 8. The summed E-state index contributed by atoms with van der Waals surface area (Å²) in [4.78, 5) is 14.3. The summed E-state index contributed by atoms with van der Waals surface area (Å²) in [6.45, 7) is 5.04. The molecule has 2 aromatic rings. The fraction of sp³-hybridized carbons (Fsp3) is 0.391. The molecule has 0 aliphatic carbocycles. The Morgan fingerprint density at radius 3 is 2.37 bits per heavy atom. The van der Waals surface area contributed by atoms with E-state index in [0.717, 1.165) is 24.5 Å². The van der Waals surface area contributed by atoms with Gasteiger partial charge in [-0.05, 0) is 87.0 Å². The van der Waals surface area contributed by atoms with Crippen LogP contribution >= 0.6 is 12.2 Å². The van der Waals surface area contributed by atoms with Gasteiger partial charge in [-0.15, -0.1) is 0 Å². The summed E-state index contributed by atoms with van der Waals surface area (Å²) in [6.07, 6.45) is 2.45. The smallest absolute Gasteiger partial charge is 0.338 e. The van der Waals surface area contributed by atoms with Crippen LogP contribution in [-0.4, -0.2) is 49.3 Å². The van der Waals surface area contributed by atoms with Crippen LogP contribution < -0.4 is 15.4 Å². The second kappa shape index (κ2) is 10.9. The van der Waals surface area contributed by atoms with Gasteiger partial charge in [0.05, 0.1) is 25.3 Å². The molecule has 160 valence electrons. The molecule has 0 amide bonds. The minimum atomic E-state index is -0.322. The maximum atomic E-state index is 11.8. The van der Waals surface area contributed by atoms with Gasteiger partial charge in [-0.25, -0.2) is 4.79 Å². The van der Waals surface area contributed by atoms with E-state index in [2.05, 4.69) is 27.7 Å². The third kappa shape index (κ3) is 5.93. The summed E-state index contributed by atoms with van der Waals surface area (Å²) >= 11 is 5.49. The van der Waals surface area contributed by atoms with E-state index in [-0.39, 0.29) is 12.0 Å². The number of hydrogen-bond acceptors (Lipinski definition) is 5. The van der Waals surface area contributed by atoms with Gasteiger partial charge < -0.3 is 20.1 Å². The van der Waals surface area contributed by atoms with Crippen molar-refractivity contribution in [2.75, 3.05) is 38.7 Å². The lowest BCUT2D eigenvalue weighted by Gasteiger charge is -2.29. The molecule has 0 aromatic heterocycles. The van der Waals surface area contributed by atoms with Crippen molar-refractivity contribution < 1.29 is 14.3 Å². The Morgan fingerprint density at radius 1 is 1.10 bits per heavy atom. The van der Waals surface area contributed by atoms with E-state index in [9.17, 15) is 4.79 Å². The third-order valence-corrected chi connectivity index (χ3v) is 5.44. The molecule has 0 bridgehead atoms. The molecule has 0 saturated carbocycles. The van der Waals surface area contributed by atoms with E-state index >= 15 is 0 Å². The van der Waals surface area contributed by atoms with Crippen molar-refractivity contribution in [3.63, 3.8) is 0 Å². The Hall–Kier alpha value is -2.64. The van der Waals surface area contributed by atoms with Crippen molar-refractivity contribution in [3.05, 3.63) is 59.7 Å². The van der Waals surface area contributed by atoms with Crippen molar-refractivity contribution >= 4 is 29.0 Å². The molecule has 30 heavy (non-hydrogen) atoms. The summed E-state index contributed by atoms with van der Waals surface area (Å²) < 4.78 is 10.3. The van der Waals surface area contributed by atoms with Crippen molar-refractivity contribution in [1.29, 1.82) is 0 Å². The van der Waals surface area contributed by atoms with Crippen molar-refractivity contribution in [2.24, 2.45) is 0 Å². The molecule has 1 heterocycles. The van der Waals surface area contributed by atoms with Gasteiger partial charge in [0.1, 0.15) is 5.75 Å². The summed E-state index contributed by atoms with van der Waals surface area (Å²) in [7, 11) is 1.68. The molecule has 6 nitrogen and oxygen atoms in total. The van der Waals surface area contributed by atoms with E-state index in [1.807, 2.05) is 24.3 Å². The molecular formula is C23H29N3O3S. The molecule has 7 heteroatoms. The van der Waals surface area contributed by atoms with Crippen LogP contribution in [-0.2, 0) is 4.74 Å². The lowest BCUT2D eigenvalue weighted by molar-refractivity contribution is 0.0526. The maximum absolute atomic E-state index is 11.8. The Bertz CT molecular complexity index is 834. The SMILES string of the molecule is CCOC(=O)c1ccc(NC(=S)NCC(c2ccc(OC)cc2)N2CCCC2)cc1. The van der Waals surface area contributed by atoms with Crippen LogP contribution in [0.2, 0.25) is 0 Å². The van der Waals surface area contributed by atoms with Crippen LogP contribution in [0.15, 0.2) is 48.5 Å². The normalized spacial score (nSPS) is 14.7. The minimum Gasteiger partial charge on any atom is -0.497 e. The number of anilines is 1. The highest BCUT2D eigenvalue weighted by Gasteiger charge is 2.23. The molecule has 1 atom stereocenters. The zero-order chi connectivity index (χ0) is 21.3. The standard InChI is InChI=1S/C23H29N3O3S/c1-3-29-22(27)18-6-10-19(11-7-18)25-23(30)24-16-21(26-14-4-5-15-26)17-8-12-20(28-2)13-9-17/h6-13,21H,3-5,14-16H2,1-2H3,(H2,24,25,30). The summed E-state index contributed by atoms with van der Waals surface area (Å²) in [5, 5.41) is 7.09. The van der Waals surface area contributed by atoms with Gasteiger partial charge in [0.2, 0.25) is 0 Å². The molecule has 3 rings (SSSR count). The summed E-state index contributed by atoms with van der Waals surface area (Å²) in [5.74, 6) is 0.535. The number of likely N-dealkylation sites (tertiary alicyclic amines) is 1. The van der Waals surface area contributed by atoms with Gasteiger partial charge in [-0.3, -0.25) is 4.90 Å². The average molecular weight is 428 g/mol. The number of hydrogen-bond donors (Lipinski definition) is 2. The van der Waals surface area contributed by atoms with Gasteiger partial charge in [0, 0.05) is 12.2 Å². The molecule has 0 radical (unpaired) electrons. The van der Waals surface area contributed by atoms with Crippen molar-refractivity contribution in [3.8, 4) is 5.75 Å². The molecule has 1 saturated heterocycles. The largest absolute Gasteiger partial charge is 0.497 e. The first kappa shape index (κ1) is 22.1. The Labute approximate surface area is 183 Å². The lowest BCUT2D eigenvalue weighted by Crippen LogP contribution is -2.38. The van der Waals surface area contributed by atoms with Gasteiger partial charge in [0.15, 0.2) is 5.11 Å². The van der Waals surface area contributed by atoms with Crippen LogP contribution in [0.3, 0.4) is 0 Å². The molecule has 1 unspecified atom stereocenters. The van der Waals surface area contributed by atoms with Crippen LogP contribution in [0.5, 0.6) is 5.75 Å². The Balaban J connectivity index is 1.59. The van der Waals surface area contributed by atoms with Crippen LogP contribution in [0.4, 0.5) is 5.69 Å². The number of carbonyl (C=O) groups is 1. The highest BCUT2D eigenvalue weighted by molar-refractivity contribution is 7.80. The first-order valence-corrected chi connectivity index (χ1v) is 10.7. The average Bonchev–Trinajstić information content (AvgIpc) is 3.29. The van der Waals surface area contributed by atoms with Gasteiger partial charge >= 0.3 is 5.97 Å². The molecule has 2 N–H and O–H groups in total. The number of thiocarbonyl (C=S) groups is 1. The lowest BCUT2D eigenvalue weighted by atomic mass is 10.1. The topological polar surface area (TPSA) is 62.8 Å². The molecule has 1 aliphatic heterocycles. The molecule has 2 aromatic carbocycles. The van der Waals surface area contributed by atoms with Gasteiger partial charge in [-0.1, -0.05) is 12.1 Å². The summed E-state index contributed by atoms with van der Waals surface area (Å²) in [6, 6.07) is 15.6. The number of carbonyl (C=O) groups excluding carboxylic acids is 1. The van der Waals surface area contributed by atoms with E-state index in [4.69, 9.17) is 21.7 Å². The highest BCUT2D eigenvalue weighted by Crippen LogP contribution is 2.26. The van der Waals surface area contributed by atoms with E-state index in [0.29, 0.717) is 23.8 Å². The van der Waals surface area contributed by atoms with E-state index in [1.165, 1.54) is 18.4 Å². The minimum absolute atomic E-state index is 0.240. The predicted octanol–water partition coefficient (Wildman–Crippen LogP) is 4.00. The second-order valence-electron chi connectivity index (χ2n) is 7.16. The van der Waals surface area contributed by atoms with Crippen LogP contribution in [0.1, 0.15) is 41.7 Å². The number of nitrogens with zero attached hydrogens (tertiary/aromatic N) is 1. The van der Waals surface area contributed by atoms with Crippen LogP contribution in [0, 0.1) is 0 Å². The number of ether oxygens (including phenoxy) is 2. The molecular weight excluding hydrogens is 398 g/mol. The van der Waals surface area contributed by atoms with Crippen molar-refractivity contribution in [1.82, 2.24) is 10.2 Å². The third-order valence-electron chi connectivity index (χ3n) is 5.19. The van der Waals surface area contributed by atoms with Gasteiger partial charge in [0.25, 0.3) is 0 Å². The molecule has 1 aliphatic rings. The Morgan fingerprint density at radius 2 is 1.77 bits per heavy atom. The monoisotopic (exact) mass is 427 g/mol. The first-order valence-electron chi connectivity index (χ1n) is 10.3. The molecule has 0 spiro atoms. The highest BCUT2D eigenvalue weighted by atomic mass is 32.1. The van der Waals surface area contributed by atoms with E-state index in [1.54, 1.807) is 26.2 Å². The molecule has 1 fully saturated rings. The quantitative estimate of drug-likeness (QED) is 0.488. The summed E-state index contributed by atoms with van der Waals surface area (Å²) in [5.41, 5.74) is 2.59. The number of nitrogens with one attached hydrogen (secondary N) is 2. The zero-order valence-electron chi connectivity index (χ0n) is 17.5. The number of benzene rings is 2. The van der Waals surface area contributed by atoms with E-state index < -0.39 is 0 Å². The van der Waals surface area contributed by atoms with Crippen LogP contribution in [0.25, 0.3) is 0 Å². The zero-order valence-corrected chi connectivity index (χ0v) is 18.3. The first-order chi connectivity index (χ1) is 14.6. The fourth-order valence-corrected chi connectivity index (χ4v) is 3.81. The van der Waals surface area contributed by atoms with Gasteiger partial charge in [-0.2, -0.15) is 0 Å². The van der Waals surface area contributed by atoms with Crippen molar-refractivity contribution in [2.45, 2.75) is 25.8 Å². The number of esters is 1. The number of methoxy groups -OCH3 is 1.